The molecule has 46 heavy (non-hydrogen) atoms. The van der Waals surface area contributed by atoms with Crippen LogP contribution in [0.1, 0.15) is 24.8 Å². The Balaban J connectivity index is 0.00000160. The van der Waals surface area contributed by atoms with Crippen molar-refractivity contribution in [2.24, 2.45) is 5.73 Å². The Morgan fingerprint density at radius 2 is 1.52 bits per heavy atom. The van der Waals surface area contributed by atoms with Crippen molar-refractivity contribution in [1.82, 2.24) is 14.5 Å². The molecule has 1 fully saturated rings. The quantitative estimate of drug-likeness (QED) is 0.166. The fraction of sp³-hybridized carbons (Fsp3) is 0.161. The monoisotopic (exact) mass is 710 g/mol. The zero-order valence-corrected chi connectivity index (χ0v) is 27.0. The van der Waals surface area contributed by atoms with Crippen LogP contribution < -0.4 is 15.8 Å². The molecular formula is C31H28Cl3F3N6O2S. The van der Waals surface area contributed by atoms with Gasteiger partial charge in [0, 0.05) is 34.1 Å². The maximum Gasteiger partial charge on any atom is 0.516 e. The maximum absolute atomic E-state index is 13.0. The van der Waals surface area contributed by atoms with Gasteiger partial charge in [-0.1, -0.05) is 48.5 Å². The number of imidazole rings is 1. The summed E-state index contributed by atoms with van der Waals surface area (Å²) in [6, 6.07) is 25.2. The molecule has 3 heterocycles. The lowest BCUT2D eigenvalue weighted by Crippen LogP contribution is -2.43. The third kappa shape index (κ3) is 5.91. The Morgan fingerprint density at radius 1 is 0.870 bits per heavy atom. The van der Waals surface area contributed by atoms with E-state index in [1.54, 1.807) is 23.1 Å². The Hall–Kier alpha value is -3.81. The number of sulfonamides is 1. The van der Waals surface area contributed by atoms with Crippen molar-refractivity contribution in [2.75, 3.05) is 10.0 Å². The van der Waals surface area contributed by atoms with Crippen molar-refractivity contribution < 1.29 is 21.6 Å². The van der Waals surface area contributed by atoms with E-state index in [0.717, 1.165) is 53.0 Å². The summed E-state index contributed by atoms with van der Waals surface area (Å²) in [6.45, 7) is 0. The van der Waals surface area contributed by atoms with E-state index in [0.29, 0.717) is 22.9 Å². The minimum atomic E-state index is -5.56. The van der Waals surface area contributed by atoms with Gasteiger partial charge in [0.2, 0.25) is 0 Å². The highest BCUT2D eigenvalue weighted by Gasteiger charge is 2.46. The SMILES string of the molecule is Cl.Cl.Cl.NC1(c2ccc(-c3c(-c4ccc(NS(=O)(=O)C(F)(F)F)cc4)nc4n3-c3cccnc3Nc3ccccc3-4)cc2)CCC1. The fourth-order valence-electron chi connectivity index (χ4n) is 5.61. The smallest absolute Gasteiger partial charge is 0.338 e. The van der Waals surface area contributed by atoms with Crippen LogP contribution in [-0.2, 0) is 15.6 Å². The second kappa shape index (κ2) is 12.8. The van der Waals surface area contributed by atoms with Crippen LogP contribution in [0.2, 0.25) is 0 Å². The average Bonchev–Trinajstić information content (AvgIpc) is 3.30. The van der Waals surface area contributed by atoms with Gasteiger partial charge in [0.25, 0.3) is 0 Å². The molecule has 2 aliphatic rings. The number of rotatable bonds is 5. The number of halogens is 6. The van der Waals surface area contributed by atoms with E-state index in [-0.39, 0.29) is 48.4 Å². The van der Waals surface area contributed by atoms with Crippen LogP contribution in [-0.4, -0.2) is 28.5 Å². The highest BCUT2D eigenvalue weighted by molar-refractivity contribution is 7.93. The Morgan fingerprint density at radius 3 is 2.15 bits per heavy atom. The maximum atomic E-state index is 13.0. The summed E-state index contributed by atoms with van der Waals surface area (Å²) in [7, 11) is -5.56. The average molecular weight is 712 g/mol. The van der Waals surface area contributed by atoms with Gasteiger partial charge >= 0.3 is 15.5 Å². The molecule has 0 amide bonds. The summed E-state index contributed by atoms with van der Waals surface area (Å²) in [5.74, 6) is 1.27. The lowest BCUT2D eigenvalue weighted by Gasteiger charge is -2.38. The zero-order chi connectivity index (χ0) is 30.0. The van der Waals surface area contributed by atoms with Crippen molar-refractivity contribution >= 4 is 64.4 Å². The first-order valence-electron chi connectivity index (χ1n) is 13.6. The summed E-state index contributed by atoms with van der Waals surface area (Å²) in [6.07, 6.45) is 4.63. The third-order valence-corrected chi connectivity index (χ3v) is 9.13. The third-order valence-electron chi connectivity index (χ3n) is 8.02. The molecule has 4 N–H and O–H groups in total. The lowest BCUT2D eigenvalue weighted by atomic mass is 9.72. The molecule has 0 saturated heterocycles. The molecule has 1 aliphatic heterocycles. The molecule has 0 radical (unpaired) electrons. The van der Waals surface area contributed by atoms with Gasteiger partial charge in [-0.3, -0.25) is 9.29 Å². The van der Waals surface area contributed by atoms with E-state index >= 15 is 0 Å². The van der Waals surface area contributed by atoms with Crippen LogP contribution in [0.25, 0.3) is 39.6 Å². The number of alkyl halides is 3. The second-order valence-electron chi connectivity index (χ2n) is 10.7. The second-order valence-corrected chi connectivity index (χ2v) is 12.4. The van der Waals surface area contributed by atoms with Crippen LogP contribution in [0, 0.1) is 0 Å². The zero-order valence-electron chi connectivity index (χ0n) is 23.8. The van der Waals surface area contributed by atoms with Gasteiger partial charge in [-0.25, -0.2) is 9.97 Å². The molecule has 0 spiro atoms. The normalized spacial score (nSPS) is 14.3. The van der Waals surface area contributed by atoms with Crippen molar-refractivity contribution in [3.8, 4) is 39.6 Å². The molecule has 0 bridgehead atoms. The van der Waals surface area contributed by atoms with Crippen LogP contribution in [0.15, 0.2) is 91.1 Å². The van der Waals surface area contributed by atoms with E-state index in [1.807, 2.05) is 65.2 Å². The minimum absolute atomic E-state index is 0. The summed E-state index contributed by atoms with van der Waals surface area (Å²) in [5.41, 5.74) is 6.78. The Labute approximate surface area is 281 Å². The first-order valence-corrected chi connectivity index (χ1v) is 15.1. The summed E-state index contributed by atoms with van der Waals surface area (Å²) >= 11 is 0. The van der Waals surface area contributed by atoms with Crippen LogP contribution in [0.5, 0.6) is 0 Å². The topological polar surface area (TPSA) is 115 Å². The van der Waals surface area contributed by atoms with E-state index in [9.17, 15) is 21.6 Å². The predicted molar refractivity (Wildman–Crippen MR) is 181 cm³/mol. The van der Waals surface area contributed by atoms with Gasteiger partial charge in [-0.05, 0) is 61.2 Å². The standard InChI is InChI=1S/C31H25F3N6O2S.3ClH/c32-31(33,34)43(41,42)39-22-14-10-19(11-15-22)26-27(20-8-12-21(13-9-20)30(35)16-4-17-30)40-25-7-3-18-36-28(25)37-24-6-2-1-5-23(24)29(40)38-26;;;/h1-3,5-15,18,39H,4,16-17,35H2,(H,36,37);3*1H. The van der Waals surface area contributed by atoms with Crippen LogP contribution in [0.3, 0.4) is 0 Å². The summed E-state index contributed by atoms with van der Waals surface area (Å²) in [4.78, 5) is 9.68. The molecule has 242 valence electrons. The molecule has 3 aromatic carbocycles. The molecule has 5 aromatic rings. The number of aromatic nitrogens is 3. The molecule has 15 heteroatoms. The molecule has 0 atom stereocenters. The molecule has 8 nitrogen and oxygen atoms in total. The molecular weight excluding hydrogens is 684 g/mol. The lowest BCUT2D eigenvalue weighted by molar-refractivity contribution is -0.0429. The number of benzene rings is 3. The number of nitrogens with one attached hydrogen (secondary N) is 2. The molecule has 1 saturated carbocycles. The molecule has 7 rings (SSSR count). The predicted octanol–water partition coefficient (Wildman–Crippen LogP) is 8.19. The Bertz CT molecular complexity index is 1980. The van der Waals surface area contributed by atoms with Gasteiger partial charge in [0.05, 0.1) is 22.8 Å². The van der Waals surface area contributed by atoms with Gasteiger partial charge in [0.1, 0.15) is 5.82 Å². The van der Waals surface area contributed by atoms with Crippen molar-refractivity contribution in [3.05, 3.63) is 96.7 Å². The minimum Gasteiger partial charge on any atom is -0.338 e. The van der Waals surface area contributed by atoms with Gasteiger partial charge in [-0.15, -0.1) is 37.2 Å². The molecule has 0 unspecified atom stereocenters. The van der Waals surface area contributed by atoms with Gasteiger partial charge in [0.15, 0.2) is 5.82 Å². The number of anilines is 3. The van der Waals surface area contributed by atoms with Crippen molar-refractivity contribution in [3.63, 3.8) is 0 Å². The first kappa shape index (κ1) is 35.1. The van der Waals surface area contributed by atoms with E-state index in [2.05, 4.69) is 10.3 Å². The summed E-state index contributed by atoms with van der Waals surface area (Å²) in [5, 5.41) is 3.41. The van der Waals surface area contributed by atoms with Crippen molar-refractivity contribution in [2.45, 2.75) is 30.3 Å². The first-order chi connectivity index (χ1) is 20.5. The highest BCUT2D eigenvalue weighted by Crippen LogP contribution is 2.45. The number of nitrogens with zero attached hydrogens (tertiary/aromatic N) is 3. The van der Waals surface area contributed by atoms with E-state index in [1.165, 1.54) is 12.1 Å². The van der Waals surface area contributed by atoms with E-state index in [4.69, 9.17) is 10.7 Å². The number of pyridine rings is 1. The Kier molecular flexibility index (Phi) is 9.73. The number of para-hydroxylation sites is 1. The summed E-state index contributed by atoms with van der Waals surface area (Å²) < 4.78 is 65.8. The fourth-order valence-corrected chi connectivity index (χ4v) is 6.17. The largest absolute Gasteiger partial charge is 0.516 e. The number of fused-ring (bicyclic) bond motifs is 5. The van der Waals surface area contributed by atoms with Crippen LogP contribution >= 0.6 is 37.2 Å². The highest BCUT2D eigenvalue weighted by atomic mass is 35.5. The van der Waals surface area contributed by atoms with E-state index < -0.39 is 15.5 Å². The number of nitrogens with two attached hydrogens (primary N) is 1. The van der Waals surface area contributed by atoms with Gasteiger partial charge < -0.3 is 11.1 Å². The van der Waals surface area contributed by atoms with Gasteiger partial charge in [-0.2, -0.15) is 21.6 Å². The number of hydrogen-bond donors (Lipinski definition) is 3. The van der Waals surface area contributed by atoms with Crippen LogP contribution in [0.4, 0.5) is 30.4 Å². The molecule has 2 aromatic heterocycles. The molecule has 1 aliphatic carbocycles. The van der Waals surface area contributed by atoms with Crippen molar-refractivity contribution in [1.29, 1.82) is 0 Å². The number of hydrogen-bond acceptors (Lipinski definition) is 6.